The zero-order chi connectivity index (χ0) is 10.5. The highest BCUT2D eigenvalue weighted by molar-refractivity contribution is 6.23. The third kappa shape index (κ3) is 0.823. The molecule has 2 heterocycles. The molecule has 4 aromatic rings. The number of rotatable bonds is 0. The molecule has 2 heteroatoms. The van der Waals surface area contributed by atoms with Crippen molar-refractivity contribution in [2.24, 2.45) is 0 Å². The van der Waals surface area contributed by atoms with Crippen LogP contribution in [0.15, 0.2) is 48.8 Å². The maximum atomic E-state index is 3.33. The Morgan fingerprint density at radius 1 is 0.562 bits per heavy atom. The van der Waals surface area contributed by atoms with Crippen LogP contribution in [0.1, 0.15) is 0 Å². The predicted octanol–water partition coefficient (Wildman–Crippen LogP) is 3.80. The zero-order valence-electron chi connectivity index (χ0n) is 8.62. The van der Waals surface area contributed by atoms with Gasteiger partial charge in [0.15, 0.2) is 0 Å². The van der Waals surface area contributed by atoms with Crippen LogP contribution in [0.3, 0.4) is 0 Å². The predicted molar refractivity (Wildman–Crippen MR) is 67.7 cm³/mol. The molecule has 0 unspecified atom stereocenters. The first-order valence-electron chi connectivity index (χ1n) is 5.40. The standard InChI is InChI=1S/C14H10N2/c1-2-4-10-9(3-1)13-11(5-7-15-13)12-6-8-16-14(10)12/h1-8,15-16H. The van der Waals surface area contributed by atoms with Crippen LogP contribution in [0.25, 0.3) is 32.6 Å². The fourth-order valence-corrected chi connectivity index (χ4v) is 2.55. The van der Waals surface area contributed by atoms with Gasteiger partial charge in [-0.05, 0) is 12.1 Å². The van der Waals surface area contributed by atoms with Crippen molar-refractivity contribution in [3.05, 3.63) is 48.8 Å². The van der Waals surface area contributed by atoms with E-state index in [0.717, 1.165) is 0 Å². The van der Waals surface area contributed by atoms with E-state index in [1.807, 2.05) is 12.4 Å². The van der Waals surface area contributed by atoms with Crippen molar-refractivity contribution in [3.8, 4) is 0 Å². The lowest BCUT2D eigenvalue weighted by Gasteiger charge is -2.02. The van der Waals surface area contributed by atoms with Gasteiger partial charge >= 0.3 is 0 Å². The summed E-state index contributed by atoms with van der Waals surface area (Å²) < 4.78 is 0. The lowest BCUT2D eigenvalue weighted by molar-refractivity contribution is 1.48. The summed E-state index contributed by atoms with van der Waals surface area (Å²) in [6, 6.07) is 12.8. The number of aromatic amines is 2. The minimum atomic E-state index is 1.22. The maximum absolute atomic E-state index is 3.33. The molecule has 16 heavy (non-hydrogen) atoms. The minimum Gasteiger partial charge on any atom is -0.361 e. The lowest BCUT2D eigenvalue weighted by atomic mass is 10.0. The highest BCUT2D eigenvalue weighted by atomic mass is 14.7. The number of fused-ring (bicyclic) bond motifs is 6. The summed E-state index contributed by atoms with van der Waals surface area (Å²) in [7, 11) is 0. The van der Waals surface area contributed by atoms with Gasteiger partial charge in [-0.2, -0.15) is 0 Å². The maximum Gasteiger partial charge on any atom is 0.0541 e. The summed E-state index contributed by atoms with van der Waals surface area (Å²) in [5.74, 6) is 0. The van der Waals surface area contributed by atoms with Crippen molar-refractivity contribution in [3.63, 3.8) is 0 Å². The van der Waals surface area contributed by atoms with E-state index in [-0.39, 0.29) is 0 Å². The van der Waals surface area contributed by atoms with Crippen LogP contribution >= 0.6 is 0 Å². The van der Waals surface area contributed by atoms with Crippen LogP contribution in [0.2, 0.25) is 0 Å². The number of H-pyrrole nitrogens is 2. The molecule has 2 nitrogen and oxygen atoms in total. The monoisotopic (exact) mass is 206 g/mol. The van der Waals surface area contributed by atoms with E-state index in [0.29, 0.717) is 0 Å². The molecule has 2 N–H and O–H groups in total. The van der Waals surface area contributed by atoms with E-state index in [9.17, 15) is 0 Å². The summed E-state index contributed by atoms with van der Waals surface area (Å²) in [4.78, 5) is 6.66. The molecule has 0 aliphatic rings. The van der Waals surface area contributed by atoms with E-state index >= 15 is 0 Å². The van der Waals surface area contributed by atoms with Crippen LogP contribution < -0.4 is 0 Å². The Bertz CT molecular complexity index is 736. The van der Waals surface area contributed by atoms with Gasteiger partial charge in [0.1, 0.15) is 0 Å². The summed E-state index contributed by atoms with van der Waals surface area (Å²) in [5, 5.41) is 5.12. The molecule has 0 fully saturated rings. The Kier molecular flexibility index (Phi) is 1.33. The minimum absolute atomic E-state index is 1.22. The molecular formula is C14H10N2. The fourth-order valence-electron chi connectivity index (χ4n) is 2.55. The van der Waals surface area contributed by atoms with Crippen molar-refractivity contribution in [2.45, 2.75) is 0 Å². The molecule has 4 rings (SSSR count). The van der Waals surface area contributed by atoms with Crippen LogP contribution in [0, 0.1) is 0 Å². The van der Waals surface area contributed by atoms with Gasteiger partial charge in [-0.1, -0.05) is 24.3 Å². The normalized spacial score (nSPS) is 11.8. The number of hydrogen-bond acceptors (Lipinski definition) is 0. The van der Waals surface area contributed by atoms with Crippen molar-refractivity contribution in [1.29, 1.82) is 0 Å². The van der Waals surface area contributed by atoms with E-state index in [2.05, 4.69) is 46.4 Å². The molecule has 76 valence electrons. The van der Waals surface area contributed by atoms with E-state index in [4.69, 9.17) is 0 Å². The highest BCUT2D eigenvalue weighted by Crippen LogP contribution is 2.33. The number of benzene rings is 2. The Balaban J connectivity index is 2.51. The first-order valence-corrected chi connectivity index (χ1v) is 5.40. The van der Waals surface area contributed by atoms with E-state index in [1.54, 1.807) is 0 Å². The van der Waals surface area contributed by atoms with Gasteiger partial charge in [-0.3, -0.25) is 0 Å². The van der Waals surface area contributed by atoms with Crippen molar-refractivity contribution in [2.75, 3.05) is 0 Å². The third-order valence-electron chi connectivity index (χ3n) is 3.25. The van der Waals surface area contributed by atoms with Crippen LogP contribution in [-0.4, -0.2) is 9.97 Å². The van der Waals surface area contributed by atoms with Gasteiger partial charge in [0.25, 0.3) is 0 Å². The second kappa shape index (κ2) is 2.67. The first kappa shape index (κ1) is 7.99. The van der Waals surface area contributed by atoms with Gasteiger partial charge in [0.2, 0.25) is 0 Å². The lowest BCUT2D eigenvalue weighted by Crippen LogP contribution is -1.78. The summed E-state index contributed by atoms with van der Waals surface area (Å²) in [5.41, 5.74) is 2.45. The number of hydrogen-bond donors (Lipinski definition) is 2. The molecule has 0 saturated heterocycles. The van der Waals surface area contributed by atoms with Crippen molar-refractivity contribution >= 4 is 32.6 Å². The molecule has 0 radical (unpaired) electrons. The summed E-state index contributed by atoms with van der Waals surface area (Å²) in [6.07, 6.45) is 4.01. The second-order valence-corrected chi connectivity index (χ2v) is 4.08. The van der Waals surface area contributed by atoms with Crippen molar-refractivity contribution in [1.82, 2.24) is 9.97 Å². The van der Waals surface area contributed by atoms with Gasteiger partial charge in [-0.25, -0.2) is 0 Å². The Hall–Kier alpha value is -2.22. The Morgan fingerprint density at radius 2 is 1.00 bits per heavy atom. The van der Waals surface area contributed by atoms with Gasteiger partial charge < -0.3 is 9.97 Å². The van der Waals surface area contributed by atoms with Crippen LogP contribution in [0.5, 0.6) is 0 Å². The topological polar surface area (TPSA) is 31.6 Å². The van der Waals surface area contributed by atoms with Crippen molar-refractivity contribution < 1.29 is 0 Å². The Morgan fingerprint density at radius 3 is 1.50 bits per heavy atom. The zero-order valence-corrected chi connectivity index (χ0v) is 8.62. The molecule has 0 bridgehead atoms. The molecule has 2 aromatic carbocycles. The summed E-state index contributed by atoms with van der Waals surface area (Å²) >= 11 is 0. The average Bonchev–Trinajstić information content (AvgIpc) is 2.98. The molecule has 0 atom stereocenters. The number of aromatic nitrogens is 2. The third-order valence-corrected chi connectivity index (χ3v) is 3.25. The van der Waals surface area contributed by atoms with Gasteiger partial charge in [-0.15, -0.1) is 0 Å². The van der Waals surface area contributed by atoms with E-state index < -0.39 is 0 Å². The first-order chi connectivity index (χ1) is 7.95. The Labute approximate surface area is 91.9 Å². The van der Waals surface area contributed by atoms with Crippen LogP contribution in [0.4, 0.5) is 0 Å². The largest absolute Gasteiger partial charge is 0.361 e. The molecule has 0 aliphatic heterocycles. The molecule has 0 amide bonds. The van der Waals surface area contributed by atoms with Crippen LogP contribution in [-0.2, 0) is 0 Å². The SMILES string of the molecule is c1ccc2c(c1)c1[nH]ccc1c1cc[nH]c21. The summed E-state index contributed by atoms with van der Waals surface area (Å²) in [6.45, 7) is 0. The molecule has 0 saturated carbocycles. The molecule has 0 spiro atoms. The van der Waals surface area contributed by atoms with Gasteiger partial charge in [0, 0.05) is 33.9 Å². The average molecular weight is 206 g/mol. The molecule has 2 aromatic heterocycles. The molecular weight excluding hydrogens is 196 g/mol. The van der Waals surface area contributed by atoms with Gasteiger partial charge in [0.05, 0.1) is 11.0 Å². The quantitative estimate of drug-likeness (QED) is 0.438. The number of nitrogens with one attached hydrogen (secondary N) is 2. The second-order valence-electron chi connectivity index (χ2n) is 4.08. The highest BCUT2D eigenvalue weighted by Gasteiger charge is 2.08. The molecule has 0 aliphatic carbocycles. The fraction of sp³-hybridized carbons (Fsp3) is 0. The smallest absolute Gasteiger partial charge is 0.0541 e. The van der Waals surface area contributed by atoms with E-state index in [1.165, 1.54) is 32.6 Å².